The molecule has 3 aromatic heterocycles. The lowest BCUT2D eigenvalue weighted by atomic mass is 9.33. The van der Waals surface area contributed by atoms with E-state index in [9.17, 15) is 0 Å². The van der Waals surface area contributed by atoms with Gasteiger partial charge in [0, 0.05) is 49.6 Å². The van der Waals surface area contributed by atoms with E-state index in [0.717, 1.165) is 105 Å². The molecular weight excluding hydrogens is 1010 g/mol. The molecule has 5 heterocycles. The van der Waals surface area contributed by atoms with Gasteiger partial charge in [-0.2, -0.15) is 0 Å². The van der Waals surface area contributed by atoms with Crippen molar-refractivity contribution in [3.05, 3.63) is 233 Å². The number of rotatable bonds is 5. The second-order valence-electron chi connectivity index (χ2n) is 27.2. The predicted molar refractivity (Wildman–Crippen MR) is 350 cm³/mol. The molecule has 14 rings (SSSR count). The lowest BCUT2D eigenvalue weighted by molar-refractivity contribution is 0.590. The van der Waals surface area contributed by atoms with E-state index < -0.39 is 0 Å². The lowest BCUT2D eigenvalue weighted by Gasteiger charge is -2.39. The Bertz CT molecular complexity index is 4500. The van der Waals surface area contributed by atoms with E-state index in [1.807, 2.05) is 0 Å². The van der Waals surface area contributed by atoms with Gasteiger partial charge in [-0.05, 0) is 139 Å². The first-order valence-corrected chi connectivity index (χ1v) is 29.4. The van der Waals surface area contributed by atoms with Crippen LogP contribution in [0.4, 0.5) is 11.4 Å². The van der Waals surface area contributed by atoms with E-state index in [1.165, 1.54) is 38.6 Å². The first kappa shape index (κ1) is 52.2. The standard InChI is InChI=1S/C76H69BN6/c1-73(2,3)49-33-35-63-55(39-49)68(78-53-29-21-15-22-30-53)57-41-51(75(7,8)9)43-59-70(57)82(63)65-37-48(72-80-61(46-25-17-13-18-26-46)45-62(81-72)47-27-19-14-20-28-47)38-66-67(65)77(59)60-44-52(76(10,11)12)42-58-69(79-54-31-23-16-24-32-54)56-40-50(74(4,5)6)34-36-64(56)83(66)71(58)60/h13-45H,1-12H3. The summed E-state index contributed by atoms with van der Waals surface area (Å²) in [4.78, 5) is 22.7. The van der Waals surface area contributed by atoms with E-state index in [4.69, 9.17) is 20.0 Å². The number of fused-ring (bicyclic) bond motifs is 8. The van der Waals surface area contributed by atoms with Crippen LogP contribution < -0.4 is 27.1 Å². The van der Waals surface area contributed by atoms with Crippen LogP contribution in [0.2, 0.25) is 0 Å². The van der Waals surface area contributed by atoms with E-state index in [2.05, 4.69) is 292 Å². The monoisotopic (exact) mass is 1080 g/mol. The Morgan fingerprint density at radius 2 is 0.711 bits per heavy atom. The van der Waals surface area contributed by atoms with Crippen LogP contribution in [0.1, 0.15) is 105 Å². The topological polar surface area (TPSA) is 60.4 Å². The maximum Gasteiger partial charge on any atom is 0.252 e. The molecule has 12 aromatic rings. The minimum Gasteiger partial charge on any atom is -0.310 e. The van der Waals surface area contributed by atoms with Crippen molar-refractivity contribution in [2.75, 3.05) is 0 Å². The summed E-state index contributed by atoms with van der Waals surface area (Å²) in [5, 5.41) is 6.40. The van der Waals surface area contributed by atoms with Gasteiger partial charge in [0.2, 0.25) is 0 Å². The summed E-state index contributed by atoms with van der Waals surface area (Å²) in [6.45, 7) is 27.7. The van der Waals surface area contributed by atoms with Crippen molar-refractivity contribution in [3.63, 3.8) is 0 Å². The van der Waals surface area contributed by atoms with Gasteiger partial charge in [-0.25, -0.2) is 20.0 Å². The third kappa shape index (κ3) is 8.77. The Morgan fingerprint density at radius 1 is 0.349 bits per heavy atom. The number of aromatic nitrogens is 4. The summed E-state index contributed by atoms with van der Waals surface area (Å²) in [7, 11) is 0. The van der Waals surface area contributed by atoms with Gasteiger partial charge in [0.25, 0.3) is 6.71 Å². The molecule has 0 fully saturated rings. The van der Waals surface area contributed by atoms with Gasteiger partial charge in [-0.3, -0.25) is 0 Å². The molecule has 0 saturated heterocycles. The minimum absolute atomic E-state index is 0.126. The second kappa shape index (κ2) is 18.8. The fourth-order valence-electron chi connectivity index (χ4n) is 12.8. The molecule has 6 nitrogen and oxygen atoms in total. The Balaban J connectivity index is 1.24. The summed E-state index contributed by atoms with van der Waals surface area (Å²) < 4.78 is 5.19. The highest BCUT2D eigenvalue weighted by molar-refractivity contribution is 7.00. The van der Waals surface area contributed by atoms with Gasteiger partial charge in [0.15, 0.2) is 5.82 Å². The van der Waals surface area contributed by atoms with Crippen LogP contribution in [-0.4, -0.2) is 25.8 Å². The van der Waals surface area contributed by atoms with Crippen LogP contribution >= 0.6 is 0 Å². The average molecular weight is 1080 g/mol. The number of para-hydroxylation sites is 2. The van der Waals surface area contributed by atoms with Crippen molar-refractivity contribution in [1.29, 1.82) is 0 Å². The number of nitrogens with zero attached hydrogens (tertiary/aromatic N) is 6. The van der Waals surface area contributed by atoms with E-state index in [0.29, 0.717) is 5.82 Å². The zero-order valence-electron chi connectivity index (χ0n) is 49.8. The Morgan fingerprint density at radius 3 is 1.08 bits per heavy atom. The van der Waals surface area contributed by atoms with E-state index >= 15 is 0 Å². The van der Waals surface area contributed by atoms with Crippen molar-refractivity contribution >= 4 is 78.1 Å². The molecule has 406 valence electrons. The Labute approximate surface area is 487 Å². The summed E-state index contributed by atoms with van der Waals surface area (Å²) in [6.07, 6.45) is 0. The molecule has 0 N–H and O–H groups in total. The number of hydrogen-bond acceptors (Lipinski definition) is 4. The van der Waals surface area contributed by atoms with Crippen LogP contribution in [0.15, 0.2) is 210 Å². The lowest BCUT2D eigenvalue weighted by Crippen LogP contribution is -2.60. The molecule has 0 bridgehead atoms. The molecule has 83 heavy (non-hydrogen) atoms. The molecule has 0 amide bonds. The normalized spacial score (nSPS) is 13.7. The SMILES string of the molecule is CC(C)(C)c1ccc2c(c1)c(=Nc1ccccc1)c1cc(C(C)(C)C)cc3c1n2-c1cc(-c2nc(-c4ccccc4)cc(-c4ccccc4)n2)cc2c1B3c1cc(C(C)(C)C)cc3c(=Nc4ccccc4)c4cc(C(C)(C)C)ccc4n-2c13. The molecule has 2 aliphatic rings. The van der Waals surface area contributed by atoms with Gasteiger partial charge in [-0.1, -0.05) is 204 Å². The molecule has 7 heteroatoms. The molecule has 9 aromatic carbocycles. The van der Waals surface area contributed by atoms with Crippen molar-refractivity contribution < 1.29 is 0 Å². The zero-order chi connectivity index (χ0) is 57.5. The Hall–Kier alpha value is -8.94. The molecular formula is C76H69BN6. The third-order valence-electron chi connectivity index (χ3n) is 17.3. The van der Waals surface area contributed by atoms with Gasteiger partial charge < -0.3 is 9.13 Å². The fourth-order valence-corrected chi connectivity index (χ4v) is 12.8. The van der Waals surface area contributed by atoms with Gasteiger partial charge >= 0.3 is 0 Å². The van der Waals surface area contributed by atoms with E-state index in [-0.39, 0.29) is 28.4 Å². The highest BCUT2D eigenvalue weighted by atomic mass is 15.0. The summed E-state index contributed by atoms with van der Waals surface area (Å²) in [5.41, 5.74) is 21.4. The maximum atomic E-state index is 5.75. The first-order chi connectivity index (χ1) is 39.7. The van der Waals surface area contributed by atoms with Crippen LogP contribution in [0, 0.1) is 0 Å². The van der Waals surface area contributed by atoms with Crippen molar-refractivity contribution in [2.45, 2.75) is 105 Å². The van der Waals surface area contributed by atoms with Gasteiger partial charge in [-0.15, -0.1) is 0 Å². The van der Waals surface area contributed by atoms with E-state index in [1.54, 1.807) is 0 Å². The van der Waals surface area contributed by atoms with Gasteiger partial charge in [0.1, 0.15) is 0 Å². The highest BCUT2D eigenvalue weighted by Gasteiger charge is 2.42. The average Bonchev–Trinajstić information content (AvgIpc) is 0.805. The van der Waals surface area contributed by atoms with Gasteiger partial charge in [0.05, 0.1) is 55.5 Å². The van der Waals surface area contributed by atoms with Crippen molar-refractivity contribution in [3.8, 4) is 45.3 Å². The van der Waals surface area contributed by atoms with Crippen LogP contribution in [0.25, 0.3) is 88.9 Å². The summed E-state index contributed by atoms with van der Waals surface area (Å²) >= 11 is 0. The summed E-state index contributed by atoms with van der Waals surface area (Å²) in [5.74, 6) is 0.655. The van der Waals surface area contributed by atoms with Crippen LogP contribution in [0.3, 0.4) is 0 Å². The number of hydrogen-bond donors (Lipinski definition) is 0. The molecule has 0 radical (unpaired) electrons. The second-order valence-corrected chi connectivity index (χ2v) is 27.2. The molecule has 0 saturated carbocycles. The molecule has 0 aliphatic carbocycles. The van der Waals surface area contributed by atoms with Crippen molar-refractivity contribution in [1.82, 2.24) is 19.1 Å². The Kier molecular flexibility index (Phi) is 11.8. The van der Waals surface area contributed by atoms with Crippen molar-refractivity contribution in [2.24, 2.45) is 9.98 Å². The molecule has 0 unspecified atom stereocenters. The minimum atomic E-state index is -0.209. The number of pyridine rings is 2. The zero-order valence-corrected chi connectivity index (χ0v) is 49.8. The fraction of sp³-hybridized carbons (Fsp3) is 0.211. The maximum absolute atomic E-state index is 5.75. The molecule has 2 aliphatic heterocycles. The molecule has 0 spiro atoms. The van der Waals surface area contributed by atoms with Crippen LogP contribution in [0.5, 0.6) is 0 Å². The number of benzene rings is 9. The quantitative estimate of drug-likeness (QED) is 0.127. The molecule has 0 atom stereocenters. The highest BCUT2D eigenvalue weighted by Crippen LogP contribution is 2.41. The predicted octanol–water partition coefficient (Wildman–Crippen LogP) is 16.5. The smallest absolute Gasteiger partial charge is 0.252 e. The van der Waals surface area contributed by atoms with Crippen LogP contribution in [-0.2, 0) is 21.7 Å². The largest absolute Gasteiger partial charge is 0.310 e. The summed E-state index contributed by atoms with van der Waals surface area (Å²) in [6, 6.07) is 73.3. The third-order valence-corrected chi connectivity index (χ3v) is 17.3. The first-order valence-electron chi connectivity index (χ1n) is 29.4.